The van der Waals surface area contributed by atoms with Crippen LogP contribution in [0.5, 0.6) is 5.88 Å². The molecule has 3 rings (SSSR count). The molecule has 1 fully saturated rings. The molecule has 5 N–H and O–H groups in total. The third-order valence-electron chi connectivity index (χ3n) is 4.56. The molecule has 1 aromatic heterocycles. The SMILES string of the molecule is CC(C)(O)CONC(=O)c1c(N)nc(-c2cccc(C#N)c2)nc1O[C@H]1CCO[C@H]1CO. The van der Waals surface area contributed by atoms with Crippen LogP contribution in [-0.2, 0) is 9.57 Å². The van der Waals surface area contributed by atoms with Gasteiger partial charge >= 0.3 is 0 Å². The first kappa shape index (κ1) is 23.4. The number of nitrogens with zero attached hydrogens (tertiary/aromatic N) is 3. The Morgan fingerprint density at radius 3 is 2.91 bits per heavy atom. The fourth-order valence-electron chi connectivity index (χ4n) is 3.02. The molecule has 1 amide bonds. The number of nitrogens with two attached hydrogens (primary N) is 1. The lowest BCUT2D eigenvalue weighted by Crippen LogP contribution is -2.35. The van der Waals surface area contributed by atoms with Crippen LogP contribution in [0.4, 0.5) is 5.82 Å². The minimum atomic E-state index is -1.17. The maximum absolute atomic E-state index is 12.8. The van der Waals surface area contributed by atoms with Gasteiger partial charge in [0, 0.05) is 12.0 Å². The molecule has 2 heterocycles. The number of nitrogen functional groups attached to an aromatic ring is 1. The van der Waals surface area contributed by atoms with Crippen LogP contribution in [0, 0.1) is 11.3 Å². The van der Waals surface area contributed by atoms with Crippen molar-refractivity contribution in [1.29, 1.82) is 5.26 Å². The average molecular weight is 443 g/mol. The third-order valence-corrected chi connectivity index (χ3v) is 4.56. The van der Waals surface area contributed by atoms with Crippen LogP contribution in [0.2, 0.25) is 0 Å². The summed E-state index contributed by atoms with van der Waals surface area (Å²) in [6.45, 7) is 2.98. The molecule has 1 aromatic carbocycles. The first-order valence-corrected chi connectivity index (χ1v) is 9.93. The van der Waals surface area contributed by atoms with Crippen LogP contribution in [0.25, 0.3) is 11.4 Å². The molecule has 32 heavy (non-hydrogen) atoms. The highest BCUT2D eigenvalue weighted by atomic mass is 16.7. The zero-order valence-electron chi connectivity index (χ0n) is 17.7. The smallest absolute Gasteiger partial charge is 0.284 e. The molecule has 2 aromatic rings. The number of carbonyl (C=O) groups is 1. The fourth-order valence-corrected chi connectivity index (χ4v) is 3.02. The van der Waals surface area contributed by atoms with E-state index >= 15 is 0 Å². The highest BCUT2D eigenvalue weighted by Gasteiger charge is 2.32. The fraction of sp³-hybridized carbons (Fsp3) is 0.429. The van der Waals surface area contributed by atoms with Crippen molar-refractivity contribution in [2.45, 2.75) is 38.1 Å². The number of aliphatic hydroxyl groups excluding tert-OH is 1. The standard InChI is InChI=1S/C21H25N5O6/c1-21(2,29)11-31-26-19(28)16-17(23)24-18(13-5-3-4-12(8-13)9-22)25-20(16)32-14-6-7-30-15(14)10-27/h3-5,8,14-15,27,29H,6-7,10-11H2,1-2H3,(H,26,28)(H2,23,24,25)/t14-,15-/m0/s1. The van der Waals surface area contributed by atoms with Crippen molar-refractivity contribution in [2.75, 3.05) is 25.6 Å². The number of anilines is 1. The summed E-state index contributed by atoms with van der Waals surface area (Å²) in [6, 6.07) is 8.62. The number of amides is 1. The minimum absolute atomic E-state index is 0.117. The van der Waals surface area contributed by atoms with E-state index in [1.54, 1.807) is 24.3 Å². The van der Waals surface area contributed by atoms with Crippen LogP contribution in [0.3, 0.4) is 0 Å². The van der Waals surface area contributed by atoms with E-state index in [1.807, 2.05) is 6.07 Å². The molecule has 2 atom stereocenters. The van der Waals surface area contributed by atoms with Crippen molar-refractivity contribution >= 4 is 11.7 Å². The molecular formula is C21H25N5O6. The zero-order chi connectivity index (χ0) is 23.3. The van der Waals surface area contributed by atoms with Gasteiger partial charge in [0.25, 0.3) is 5.91 Å². The summed E-state index contributed by atoms with van der Waals surface area (Å²) in [5.41, 5.74) is 7.87. The highest BCUT2D eigenvalue weighted by molar-refractivity contribution is 6.00. The number of ether oxygens (including phenoxy) is 2. The van der Waals surface area contributed by atoms with E-state index in [9.17, 15) is 15.0 Å². The Balaban J connectivity index is 1.97. The second-order valence-electron chi connectivity index (χ2n) is 7.87. The first-order valence-electron chi connectivity index (χ1n) is 9.93. The van der Waals surface area contributed by atoms with E-state index in [0.717, 1.165) is 0 Å². The van der Waals surface area contributed by atoms with Crippen molar-refractivity contribution in [3.05, 3.63) is 35.4 Å². The van der Waals surface area contributed by atoms with Crippen molar-refractivity contribution in [3.8, 4) is 23.3 Å². The average Bonchev–Trinajstić information content (AvgIpc) is 3.19. The lowest BCUT2D eigenvalue weighted by Gasteiger charge is -2.21. The topological polar surface area (TPSA) is 173 Å². The second kappa shape index (κ2) is 9.88. The van der Waals surface area contributed by atoms with Gasteiger partial charge in [-0.2, -0.15) is 10.2 Å². The van der Waals surface area contributed by atoms with Gasteiger partial charge in [-0.1, -0.05) is 12.1 Å². The highest BCUT2D eigenvalue weighted by Crippen LogP contribution is 2.29. The van der Waals surface area contributed by atoms with Crippen LogP contribution >= 0.6 is 0 Å². The zero-order valence-corrected chi connectivity index (χ0v) is 17.7. The van der Waals surface area contributed by atoms with Crippen LogP contribution in [0.1, 0.15) is 36.2 Å². The Morgan fingerprint density at radius 1 is 1.44 bits per heavy atom. The molecule has 0 radical (unpaired) electrons. The monoisotopic (exact) mass is 443 g/mol. The van der Waals surface area contributed by atoms with Gasteiger partial charge in [0.15, 0.2) is 5.82 Å². The molecule has 0 bridgehead atoms. The number of aromatic nitrogens is 2. The maximum Gasteiger partial charge on any atom is 0.284 e. The summed E-state index contributed by atoms with van der Waals surface area (Å²) in [4.78, 5) is 26.4. The quantitative estimate of drug-likeness (QED) is 0.422. The lowest BCUT2D eigenvalue weighted by molar-refractivity contribution is -0.0523. The van der Waals surface area contributed by atoms with E-state index in [1.165, 1.54) is 13.8 Å². The molecule has 0 spiro atoms. The van der Waals surface area contributed by atoms with E-state index in [4.69, 9.17) is 25.3 Å². The van der Waals surface area contributed by atoms with Gasteiger partial charge in [-0.25, -0.2) is 10.5 Å². The van der Waals surface area contributed by atoms with Crippen LogP contribution in [0.15, 0.2) is 24.3 Å². The number of benzene rings is 1. The van der Waals surface area contributed by atoms with Gasteiger partial charge in [-0.15, -0.1) is 0 Å². The number of hydrogen-bond acceptors (Lipinski definition) is 10. The Labute approximate surface area is 184 Å². The normalized spacial score (nSPS) is 18.2. The predicted molar refractivity (Wildman–Crippen MR) is 112 cm³/mol. The molecule has 1 aliphatic rings. The van der Waals surface area contributed by atoms with Crippen molar-refractivity contribution < 1.29 is 29.3 Å². The molecular weight excluding hydrogens is 418 g/mol. The number of hydroxylamine groups is 1. The van der Waals surface area contributed by atoms with Crippen molar-refractivity contribution in [3.63, 3.8) is 0 Å². The van der Waals surface area contributed by atoms with Gasteiger partial charge in [0.1, 0.15) is 30.2 Å². The first-order chi connectivity index (χ1) is 15.2. The minimum Gasteiger partial charge on any atom is -0.471 e. The Bertz CT molecular complexity index is 1020. The largest absolute Gasteiger partial charge is 0.471 e. The molecule has 170 valence electrons. The summed E-state index contributed by atoms with van der Waals surface area (Å²) >= 11 is 0. The summed E-state index contributed by atoms with van der Waals surface area (Å²) in [7, 11) is 0. The number of rotatable bonds is 8. The van der Waals surface area contributed by atoms with E-state index < -0.39 is 23.7 Å². The number of aliphatic hydroxyl groups is 2. The molecule has 11 nitrogen and oxygen atoms in total. The van der Waals surface area contributed by atoms with Crippen molar-refractivity contribution in [1.82, 2.24) is 15.4 Å². The van der Waals surface area contributed by atoms with Gasteiger partial charge in [-0.05, 0) is 26.0 Å². The third kappa shape index (κ3) is 5.68. The summed E-state index contributed by atoms with van der Waals surface area (Å²) < 4.78 is 11.4. The van der Waals surface area contributed by atoms with E-state index in [2.05, 4.69) is 15.4 Å². The number of nitrogens with one attached hydrogen (secondary N) is 1. The predicted octanol–water partition coefficient (Wildman–Crippen LogP) is 0.558. The maximum atomic E-state index is 12.8. The van der Waals surface area contributed by atoms with Gasteiger partial charge < -0.3 is 25.4 Å². The van der Waals surface area contributed by atoms with E-state index in [0.29, 0.717) is 24.2 Å². The molecule has 11 heteroatoms. The summed E-state index contributed by atoms with van der Waals surface area (Å²) in [5.74, 6) is -0.897. The van der Waals surface area contributed by atoms with Crippen LogP contribution < -0.4 is 16.0 Å². The second-order valence-corrected chi connectivity index (χ2v) is 7.87. The number of carbonyl (C=O) groups excluding carboxylic acids is 1. The Hall–Kier alpha value is -3.30. The van der Waals surface area contributed by atoms with Gasteiger partial charge in [0.05, 0.1) is 30.4 Å². The van der Waals surface area contributed by atoms with Crippen molar-refractivity contribution in [2.24, 2.45) is 0 Å². The van der Waals surface area contributed by atoms with E-state index in [-0.39, 0.29) is 36.3 Å². The summed E-state index contributed by atoms with van der Waals surface area (Å²) in [5, 5.41) is 28.4. The number of nitriles is 1. The molecule has 1 saturated heterocycles. The Kier molecular flexibility index (Phi) is 7.22. The Morgan fingerprint density at radius 2 is 2.22 bits per heavy atom. The lowest BCUT2D eigenvalue weighted by atomic mass is 10.1. The number of hydrogen-bond donors (Lipinski definition) is 4. The van der Waals surface area contributed by atoms with Crippen LogP contribution in [-0.4, -0.2) is 63.7 Å². The molecule has 0 unspecified atom stereocenters. The molecule has 1 aliphatic heterocycles. The molecule has 0 aliphatic carbocycles. The summed E-state index contributed by atoms with van der Waals surface area (Å²) in [6.07, 6.45) is -0.666. The van der Waals surface area contributed by atoms with Gasteiger partial charge in [-0.3, -0.25) is 9.63 Å². The van der Waals surface area contributed by atoms with Gasteiger partial charge in [0.2, 0.25) is 5.88 Å². The molecule has 0 saturated carbocycles.